The maximum atomic E-state index is 13.9. The van der Waals surface area contributed by atoms with Crippen molar-refractivity contribution in [1.82, 2.24) is 9.13 Å². The zero-order valence-electron chi connectivity index (χ0n) is 21.0. The second-order valence-corrected chi connectivity index (χ2v) is 10.7. The SMILES string of the molecule is CC1=C(C(=O)OC(C)C)C(c2ccccc2Cl)n2c(sc(=Cc3cn(CC(N)=O)c4ccccc34)c2=O)=N1. The normalized spacial score (nSPS) is 15.6. The van der Waals surface area contributed by atoms with E-state index in [-0.39, 0.29) is 23.8 Å². The largest absolute Gasteiger partial charge is 0.459 e. The summed E-state index contributed by atoms with van der Waals surface area (Å²) < 4.78 is 9.22. The van der Waals surface area contributed by atoms with Crippen LogP contribution in [0.2, 0.25) is 5.02 Å². The molecule has 0 fully saturated rings. The van der Waals surface area contributed by atoms with Gasteiger partial charge in [0, 0.05) is 27.7 Å². The molecule has 1 aliphatic rings. The van der Waals surface area contributed by atoms with Crippen molar-refractivity contribution in [2.75, 3.05) is 0 Å². The van der Waals surface area contributed by atoms with Gasteiger partial charge in [-0.2, -0.15) is 0 Å². The van der Waals surface area contributed by atoms with Crippen LogP contribution in [0.4, 0.5) is 0 Å². The van der Waals surface area contributed by atoms with E-state index < -0.39 is 17.9 Å². The molecule has 1 amide bonds. The van der Waals surface area contributed by atoms with Crippen LogP contribution in [-0.2, 0) is 20.9 Å². The molecule has 1 atom stereocenters. The Balaban J connectivity index is 1.74. The standard InChI is InChI=1S/C28H25ClN4O4S/c1-15(2)37-27(36)24-16(3)31-28-33(25(24)19-9-4-6-10-20(19)29)26(35)22(38-28)12-17-13-32(14-23(30)34)21-11-7-5-8-18(17)21/h4-13,15,25H,14H2,1-3H3,(H2,30,34). The van der Waals surface area contributed by atoms with E-state index >= 15 is 0 Å². The number of primary amides is 1. The van der Waals surface area contributed by atoms with Crippen LogP contribution in [0, 0.1) is 0 Å². The third-order valence-electron chi connectivity index (χ3n) is 6.22. The fraction of sp³-hybridized carbons (Fsp3) is 0.214. The predicted molar refractivity (Wildman–Crippen MR) is 148 cm³/mol. The minimum atomic E-state index is -0.801. The zero-order valence-corrected chi connectivity index (χ0v) is 22.5. The number of amides is 1. The van der Waals surface area contributed by atoms with Gasteiger partial charge in [-0.1, -0.05) is 59.3 Å². The van der Waals surface area contributed by atoms with Crippen molar-refractivity contribution in [3.05, 3.63) is 102 Å². The number of para-hydroxylation sites is 1. The Hall–Kier alpha value is -3.95. The van der Waals surface area contributed by atoms with Gasteiger partial charge in [0.25, 0.3) is 5.56 Å². The van der Waals surface area contributed by atoms with E-state index in [9.17, 15) is 14.4 Å². The molecular weight excluding hydrogens is 524 g/mol. The summed E-state index contributed by atoms with van der Waals surface area (Å²) >= 11 is 7.80. The molecule has 194 valence electrons. The first-order valence-electron chi connectivity index (χ1n) is 12.0. The number of carbonyl (C=O) groups is 2. The third kappa shape index (κ3) is 4.59. The number of carbonyl (C=O) groups excluding carboxylic acids is 2. The lowest BCUT2D eigenvalue weighted by Gasteiger charge is -2.26. The van der Waals surface area contributed by atoms with Gasteiger partial charge in [-0.05, 0) is 44.5 Å². The number of hydrogen-bond donors (Lipinski definition) is 1. The van der Waals surface area contributed by atoms with Crippen molar-refractivity contribution in [2.24, 2.45) is 10.7 Å². The van der Waals surface area contributed by atoms with Crippen molar-refractivity contribution < 1.29 is 14.3 Å². The maximum Gasteiger partial charge on any atom is 0.338 e. The number of halogens is 1. The van der Waals surface area contributed by atoms with Gasteiger partial charge in [0.15, 0.2) is 4.80 Å². The molecule has 3 heterocycles. The zero-order chi connectivity index (χ0) is 27.1. The van der Waals surface area contributed by atoms with Crippen molar-refractivity contribution in [2.45, 2.75) is 39.5 Å². The van der Waals surface area contributed by atoms with Crippen LogP contribution in [0.5, 0.6) is 0 Å². The number of hydrogen-bond acceptors (Lipinski definition) is 6. The maximum absolute atomic E-state index is 13.9. The number of nitrogens with two attached hydrogens (primary N) is 1. The Morgan fingerprint density at radius 3 is 2.61 bits per heavy atom. The number of benzene rings is 2. The number of ether oxygens (including phenoxy) is 1. The third-order valence-corrected chi connectivity index (χ3v) is 7.54. The molecule has 0 bridgehead atoms. The molecule has 2 N–H and O–H groups in total. The lowest BCUT2D eigenvalue weighted by Crippen LogP contribution is -2.40. The topological polar surface area (TPSA) is 109 Å². The summed E-state index contributed by atoms with van der Waals surface area (Å²) in [4.78, 5) is 43.8. The number of rotatable bonds is 6. The number of fused-ring (bicyclic) bond motifs is 2. The highest BCUT2D eigenvalue weighted by Crippen LogP contribution is 2.34. The van der Waals surface area contributed by atoms with Crippen molar-refractivity contribution in [1.29, 1.82) is 0 Å². The smallest absolute Gasteiger partial charge is 0.338 e. The Bertz CT molecular complexity index is 1810. The summed E-state index contributed by atoms with van der Waals surface area (Å²) in [5.41, 5.74) is 8.05. The molecule has 1 aliphatic heterocycles. The molecule has 1 unspecified atom stereocenters. The first kappa shape index (κ1) is 25.7. The van der Waals surface area contributed by atoms with Crippen molar-refractivity contribution >= 4 is 51.8 Å². The van der Waals surface area contributed by atoms with Crippen molar-refractivity contribution in [3.63, 3.8) is 0 Å². The fourth-order valence-corrected chi connectivity index (χ4v) is 5.96. The van der Waals surface area contributed by atoms with Crippen molar-refractivity contribution in [3.8, 4) is 0 Å². The van der Waals surface area contributed by atoms with Crippen LogP contribution in [0.3, 0.4) is 0 Å². The van der Waals surface area contributed by atoms with Crippen LogP contribution < -0.4 is 20.6 Å². The molecule has 0 saturated carbocycles. The minimum Gasteiger partial charge on any atom is -0.459 e. The number of allylic oxidation sites excluding steroid dienone is 1. The second-order valence-electron chi connectivity index (χ2n) is 9.25. The molecule has 0 saturated heterocycles. The number of aromatic nitrogens is 2. The summed E-state index contributed by atoms with van der Waals surface area (Å²) in [6, 6.07) is 13.9. The summed E-state index contributed by atoms with van der Waals surface area (Å²) in [6.07, 6.45) is 3.23. The van der Waals surface area contributed by atoms with E-state index in [0.717, 1.165) is 16.5 Å². The van der Waals surface area contributed by atoms with Crippen LogP contribution >= 0.6 is 22.9 Å². The molecule has 8 nitrogen and oxygen atoms in total. The number of nitrogens with zero attached hydrogens (tertiary/aromatic N) is 3. The van der Waals surface area contributed by atoms with E-state index in [1.54, 1.807) is 55.8 Å². The molecule has 5 rings (SSSR count). The van der Waals surface area contributed by atoms with Gasteiger partial charge >= 0.3 is 5.97 Å². The lowest BCUT2D eigenvalue weighted by atomic mass is 9.96. The molecule has 0 radical (unpaired) electrons. The van der Waals surface area contributed by atoms with Gasteiger partial charge in [0.2, 0.25) is 5.91 Å². The molecule has 2 aromatic heterocycles. The fourth-order valence-electron chi connectivity index (χ4n) is 4.68. The second kappa shape index (κ2) is 10.1. The molecule has 10 heteroatoms. The summed E-state index contributed by atoms with van der Waals surface area (Å²) in [5, 5.41) is 1.30. The van der Waals surface area contributed by atoms with E-state index in [4.69, 9.17) is 22.1 Å². The molecular formula is C28H25ClN4O4S. The quantitative estimate of drug-likeness (QED) is 0.373. The average Bonchev–Trinajstić information content (AvgIpc) is 3.35. The lowest BCUT2D eigenvalue weighted by molar-refractivity contribution is -0.143. The van der Waals surface area contributed by atoms with Crippen LogP contribution in [0.25, 0.3) is 17.0 Å². The molecule has 0 aliphatic carbocycles. The predicted octanol–water partition coefficient (Wildman–Crippen LogP) is 3.28. The first-order chi connectivity index (χ1) is 18.2. The highest BCUT2D eigenvalue weighted by molar-refractivity contribution is 7.07. The molecule has 0 spiro atoms. The average molecular weight is 549 g/mol. The molecule has 38 heavy (non-hydrogen) atoms. The molecule has 4 aromatic rings. The van der Waals surface area contributed by atoms with E-state index in [0.29, 0.717) is 25.6 Å². The Morgan fingerprint density at radius 1 is 1.18 bits per heavy atom. The highest BCUT2D eigenvalue weighted by atomic mass is 35.5. The monoisotopic (exact) mass is 548 g/mol. The van der Waals surface area contributed by atoms with E-state index in [2.05, 4.69) is 4.99 Å². The van der Waals surface area contributed by atoms with Gasteiger partial charge in [-0.25, -0.2) is 9.79 Å². The van der Waals surface area contributed by atoms with Gasteiger partial charge in [-0.15, -0.1) is 0 Å². The Labute approximate surface area is 226 Å². The number of esters is 1. The van der Waals surface area contributed by atoms with E-state index in [1.165, 1.54) is 15.9 Å². The summed E-state index contributed by atoms with van der Waals surface area (Å²) in [7, 11) is 0. The van der Waals surface area contributed by atoms with Gasteiger partial charge in [0.05, 0.1) is 21.9 Å². The highest BCUT2D eigenvalue weighted by Gasteiger charge is 2.34. The minimum absolute atomic E-state index is 0.0165. The van der Waals surface area contributed by atoms with Gasteiger partial charge in [0.1, 0.15) is 12.6 Å². The molecule has 2 aromatic carbocycles. The Kier molecular flexibility index (Phi) is 6.81. The number of thiazole rings is 1. The Morgan fingerprint density at radius 2 is 1.89 bits per heavy atom. The van der Waals surface area contributed by atoms with Crippen LogP contribution in [-0.4, -0.2) is 27.1 Å². The first-order valence-corrected chi connectivity index (χ1v) is 13.2. The van der Waals surface area contributed by atoms with Gasteiger partial charge < -0.3 is 15.0 Å². The van der Waals surface area contributed by atoms with Crippen LogP contribution in [0.15, 0.2) is 75.8 Å². The summed E-state index contributed by atoms with van der Waals surface area (Å²) in [6.45, 7) is 5.28. The van der Waals surface area contributed by atoms with E-state index in [1.807, 2.05) is 30.3 Å². The van der Waals surface area contributed by atoms with Crippen LogP contribution in [0.1, 0.15) is 37.9 Å². The van der Waals surface area contributed by atoms with Gasteiger partial charge in [-0.3, -0.25) is 14.2 Å². The summed E-state index contributed by atoms with van der Waals surface area (Å²) in [5.74, 6) is -1.01.